The van der Waals surface area contributed by atoms with Gasteiger partial charge < -0.3 is 25.8 Å². The molecular formula is C25H41N3O5. The van der Waals surface area contributed by atoms with Crippen molar-refractivity contribution < 1.29 is 24.2 Å². The molecule has 0 aliphatic rings. The number of carbonyl (C=O) groups is 3. The molecule has 33 heavy (non-hydrogen) atoms. The van der Waals surface area contributed by atoms with Gasteiger partial charge in [0.05, 0.1) is 12.1 Å². The van der Waals surface area contributed by atoms with Gasteiger partial charge in [-0.05, 0) is 45.1 Å². The van der Waals surface area contributed by atoms with Crippen molar-refractivity contribution >= 4 is 17.9 Å². The van der Waals surface area contributed by atoms with Gasteiger partial charge in [0.25, 0.3) is 0 Å². The molecule has 8 heteroatoms. The first-order valence-corrected chi connectivity index (χ1v) is 11.7. The largest absolute Gasteiger partial charge is 0.444 e. The summed E-state index contributed by atoms with van der Waals surface area (Å²) in [5, 5.41) is 18.9. The van der Waals surface area contributed by atoms with Gasteiger partial charge in [-0.25, -0.2) is 4.79 Å². The molecule has 8 nitrogen and oxygen atoms in total. The van der Waals surface area contributed by atoms with Crippen molar-refractivity contribution in [1.82, 2.24) is 16.0 Å². The van der Waals surface area contributed by atoms with Crippen molar-refractivity contribution in [2.75, 3.05) is 6.54 Å². The molecule has 0 aliphatic carbocycles. The number of alkyl carbamates (subject to hydrolysis) is 1. The molecule has 186 valence electrons. The molecule has 4 N–H and O–H groups in total. The molecule has 0 bridgehead atoms. The fourth-order valence-corrected chi connectivity index (χ4v) is 3.33. The summed E-state index contributed by atoms with van der Waals surface area (Å²) in [5.41, 5.74) is 0.285. The summed E-state index contributed by atoms with van der Waals surface area (Å²) in [5.74, 6) is -1.44. The molecule has 0 aliphatic heterocycles. The maximum Gasteiger partial charge on any atom is 0.407 e. The second-order valence-electron chi connectivity index (χ2n) is 9.74. The zero-order chi connectivity index (χ0) is 25.0. The average Bonchev–Trinajstić information content (AvgIpc) is 2.72. The third-order valence-corrected chi connectivity index (χ3v) is 4.90. The Morgan fingerprint density at radius 1 is 1.03 bits per heavy atom. The topological polar surface area (TPSA) is 117 Å². The fraction of sp³-hybridized carbons (Fsp3) is 0.640. The molecule has 3 atom stereocenters. The normalized spacial score (nSPS) is 14.2. The number of carbonyl (C=O) groups excluding carboxylic acids is 3. The van der Waals surface area contributed by atoms with Crippen LogP contribution in [0.2, 0.25) is 0 Å². The van der Waals surface area contributed by atoms with Crippen LogP contribution in [0.1, 0.15) is 66.4 Å². The Labute approximate surface area is 197 Å². The molecule has 1 rings (SSSR count). The molecule has 0 aromatic heterocycles. The lowest BCUT2D eigenvalue weighted by atomic mass is 9.98. The van der Waals surface area contributed by atoms with Crippen molar-refractivity contribution in [2.45, 2.75) is 85.1 Å². The first-order valence-electron chi connectivity index (χ1n) is 11.7. The van der Waals surface area contributed by atoms with Gasteiger partial charge in [0.15, 0.2) is 0 Å². The third kappa shape index (κ3) is 11.7. The van der Waals surface area contributed by atoms with Gasteiger partial charge in [0, 0.05) is 13.1 Å². The number of amides is 3. The maximum absolute atomic E-state index is 12.7. The zero-order valence-electron chi connectivity index (χ0n) is 20.8. The smallest absolute Gasteiger partial charge is 0.407 e. The van der Waals surface area contributed by atoms with Crippen LogP contribution in [0.5, 0.6) is 0 Å². The van der Waals surface area contributed by atoms with Gasteiger partial charge in [-0.15, -0.1) is 0 Å². The monoisotopic (exact) mass is 463 g/mol. The summed E-state index contributed by atoms with van der Waals surface area (Å²) >= 11 is 0. The van der Waals surface area contributed by atoms with E-state index in [-0.39, 0.29) is 18.4 Å². The van der Waals surface area contributed by atoms with E-state index in [4.69, 9.17) is 4.74 Å². The van der Waals surface area contributed by atoms with E-state index in [0.29, 0.717) is 25.8 Å². The lowest BCUT2D eigenvalue weighted by Crippen LogP contribution is -2.51. The highest BCUT2D eigenvalue weighted by molar-refractivity contribution is 6.00. The minimum Gasteiger partial charge on any atom is -0.444 e. The van der Waals surface area contributed by atoms with Gasteiger partial charge in [-0.1, -0.05) is 57.5 Å². The highest BCUT2D eigenvalue weighted by atomic mass is 16.6. The fourth-order valence-electron chi connectivity index (χ4n) is 3.33. The first kappa shape index (κ1) is 28.4. The van der Waals surface area contributed by atoms with Gasteiger partial charge >= 0.3 is 6.09 Å². The SMILES string of the molecule is CCCC(C(=O)NCc1ccccc1)C(=O)NCC(O)[C@H](CC(C)C)NC(=O)OC(C)(C)C. The van der Waals surface area contributed by atoms with E-state index in [1.165, 1.54) is 0 Å². The van der Waals surface area contributed by atoms with E-state index in [9.17, 15) is 19.5 Å². The van der Waals surface area contributed by atoms with E-state index in [1.54, 1.807) is 20.8 Å². The van der Waals surface area contributed by atoms with Crippen LogP contribution in [0.3, 0.4) is 0 Å². The number of hydrogen-bond donors (Lipinski definition) is 4. The van der Waals surface area contributed by atoms with Crippen LogP contribution in [0.25, 0.3) is 0 Å². The van der Waals surface area contributed by atoms with Crippen LogP contribution in [0, 0.1) is 11.8 Å². The molecule has 3 amide bonds. The molecule has 0 spiro atoms. The maximum atomic E-state index is 12.7. The first-order chi connectivity index (χ1) is 15.4. The van der Waals surface area contributed by atoms with Crippen molar-refractivity contribution in [3.63, 3.8) is 0 Å². The van der Waals surface area contributed by atoms with Gasteiger partial charge in [-0.2, -0.15) is 0 Å². The van der Waals surface area contributed by atoms with Gasteiger partial charge in [0.2, 0.25) is 11.8 Å². The number of hydrogen-bond acceptors (Lipinski definition) is 5. The summed E-state index contributed by atoms with van der Waals surface area (Å²) < 4.78 is 5.29. The molecule has 0 saturated heterocycles. The van der Waals surface area contributed by atoms with Crippen LogP contribution >= 0.6 is 0 Å². The number of aliphatic hydroxyl groups excluding tert-OH is 1. The van der Waals surface area contributed by atoms with E-state index in [1.807, 2.05) is 51.1 Å². The molecule has 0 saturated carbocycles. The van der Waals surface area contributed by atoms with Crippen molar-refractivity contribution in [1.29, 1.82) is 0 Å². The average molecular weight is 464 g/mol. The Morgan fingerprint density at radius 2 is 1.64 bits per heavy atom. The predicted octanol–water partition coefficient (Wildman–Crippen LogP) is 3.14. The summed E-state index contributed by atoms with van der Waals surface area (Å²) in [6, 6.07) is 8.87. The van der Waals surface area contributed by atoms with Gasteiger partial charge in [0.1, 0.15) is 11.5 Å². The summed E-state index contributed by atoms with van der Waals surface area (Å²) in [4.78, 5) is 37.6. The second kappa shape index (κ2) is 13.8. The predicted molar refractivity (Wildman–Crippen MR) is 128 cm³/mol. The molecule has 0 fully saturated rings. The van der Waals surface area contributed by atoms with Crippen molar-refractivity contribution in [3.05, 3.63) is 35.9 Å². The minimum atomic E-state index is -1.03. The quantitative estimate of drug-likeness (QED) is 0.355. The summed E-state index contributed by atoms with van der Waals surface area (Å²) in [7, 11) is 0. The zero-order valence-corrected chi connectivity index (χ0v) is 20.8. The second-order valence-corrected chi connectivity index (χ2v) is 9.74. The minimum absolute atomic E-state index is 0.0851. The Kier molecular flexibility index (Phi) is 11.9. The van der Waals surface area contributed by atoms with E-state index < -0.39 is 35.7 Å². The van der Waals surface area contributed by atoms with Crippen molar-refractivity contribution in [3.8, 4) is 0 Å². The van der Waals surface area contributed by atoms with Crippen LogP contribution in [-0.2, 0) is 20.9 Å². The highest BCUT2D eigenvalue weighted by Gasteiger charge is 2.29. The number of rotatable bonds is 12. The summed E-state index contributed by atoms with van der Waals surface area (Å²) in [6.07, 6.45) is -0.0863. The van der Waals surface area contributed by atoms with Crippen molar-refractivity contribution in [2.24, 2.45) is 11.8 Å². The molecular weight excluding hydrogens is 422 g/mol. The standard InChI is InChI=1S/C25H41N3O5/c1-7-11-19(22(30)26-15-18-12-9-8-10-13-18)23(31)27-16-21(29)20(14-17(2)3)28-24(32)33-25(4,5)6/h8-10,12-13,17,19-21,29H,7,11,14-16H2,1-6H3,(H,26,30)(H,27,31)(H,28,32)/t19?,20-,21?/m0/s1. The molecule has 0 radical (unpaired) electrons. The van der Waals surface area contributed by atoms with Crippen LogP contribution in [0.15, 0.2) is 30.3 Å². The molecule has 0 heterocycles. The Balaban J connectivity index is 2.69. The Bertz CT molecular complexity index is 746. The van der Waals surface area contributed by atoms with Gasteiger partial charge in [-0.3, -0.25) is 9.59 Å². The number of benzene rings is 1. The molecule has 1 aromatic carbocycles. The Morgan fingerprint density at radius 3 is 2.18 bits per heavy atom. The van der Waals surface area contributed by atoms with Crippen LogP contribution in [-0.4, -0.2) is 47.3 Å². The number of nitrogens with one attached hydrogen (secondary N) is 3. The van der Waals surface area contributed by atoms with E-state index in [2.05, 4.69) is 16.0 Å². The lowest BCUT2D eigenvalue weighted by molar-refractivity contribution is -0.136. The Hall–Kier alpha value is -2.61. The molecule has 1 aromatic rings. The third-order valence-electron chi connectivity index (χ3n) is 4.90. The highest BCUT2D eigenvalue weighted by Crippen LogP contribution is 2.13. The van der Waals surface area contributed by atoms with E-state index >= 15 is 0 Å². The van der Waals surface area contributed by atoms with Crippen LogP contribution in [0.4, 0.5) is 4.79 Å². The molecule has 2 unspecified atom stereocenters. The number of ether oxygens (including phenoxy) is 1. The summed E-state index contributed by atoms with van der Waals surface area (Å²) in [6.45, 7) is 11.4. The lowest BCUT2D eigenvalue weighted by Gasteiger charge is -2.28. The number of aliphatic hydroxyl groups is 1. The van der Waals surface area contributed by atoms with Crippen LogP contribution < -0.4 is 16.0 Å². The van der Waals surface area contributed by atoms with E-state index in [0.717, 1.165) is 5.56 Å².